The molecule has 3 rings (SSSR count). The Morgan fingerprint density at radius 3 is 2.93 bits per heavy atom. The monoisotopic (exact) mass is 400 g/mol. The summed E-state index contributed by atoms with van der Waals surface area (Å²) in [6.07, 6.45) is 3.80. The topological polar surface area (TPSA) is 67.3 Å². The molecule has 1 aliphatic heterocycles. The van der Waals surface area contributed by atoms with E-state index in [1.165, 1.54) is 18.7 Å². The minimum atomic E-state index is -0.617. The predicted octanol–water partition coefficient (Wildman–Crippen LogP) is 3.70. The second-order valence-corrected chi connectivity index (χ2v) is 8.13. The van der Waals surface area contributed by atoms with E-state index in [0.29, 0.717) is 18.0 Å². The number of aryl methyl sites for hydroxylation is 2. The molecule has 29 heavy (non-hydrogen) atoms. The van der Waals surface area contributed by atoms with E-state index in [2.05, 4.69) is 28.3 Å². The molecule has 2 aromatic rings. The van der Waals surface area contributed by atoms with Gasteiger partial charge < -0.3 is 15.0 Å². The quantitative estimate of drug-likeness (QED) is 0.801. The number of hydrogen-bond donors (Lipinski definition) is 1. The largest absolute Gasteiger partial charge is 0.481 e. The fourth-order valence-electron chi connectivity index (χ4n) is 3.71. The number of nitrogens with one attached hydrogen (secondary N) is 1. The van der Waals surface area contributed by atoms with Crippen LogP contribution in [0.4, 0.5) is 10.2 Å². The summed E-state index contributed by atoms with van der Waals surface area (Å²) in [7, 11) is 3.23. The number of carbonyl (C=O) groups excluding carboxylic acids is 1. The summed E-state index contributed by atoms with van der Waals surface area (Å²) < 4.78 is 19.2. The second kappa shape index (κ2) is 8.35. The van der Waals surface area contributed by atoms with Crippen LogP contribution in [0.1, 0.15) is 49.4 Å². The molecule has 0 fully saturated rings. The van der Waals surface area contributed by atoms with Crippen molar-refractivity contribution in [3.05, 3.63) is 47.0 Å². The number of halogens is 1. The molecule has 0 saturated carbocycles. The van der Waals surface area contributed by atoms with Gasteiger partial charge in [0.15, 0.2) is 0 Å². The van der Waals surface area contributed by atoms with Gasteiger partial charge in [0.2, 0.25) is 11.8 Å². The van der Waals surface area contributed by atoms with E-state index in [-0.39, 0.29) is 11.4 Å². The lowest BCUT2D eigenvalue weighted by atomic mass is 9.86. The fraction of sp³-hybridized carbons (Fsp3) is 0.500. The summed E-state index contributed by atoms with van der Waals surface area (Å²) in [6.45, 7) is 6.42. The van der Waals surface area contributed by atoms with Crippen molar-refractivity contribution in [3.8, 4) is 5.88 Å². The molecule has 0 bridgehead atoms. The zero-order valence-electron chi connectivity index (χ0n) is 17.8. The summed E-state index contributed by atoms with van der Waals surface area (Å²) in [4.78, 5) is 23.0. The van der Waals surface area contributed by atoms with Crippen LogP contribution >= 0.6 is 0 Å². The zero-order valence-corrected chi connectivity index (χ0v) is 17.8. The van der Waals surface area contributed by atoms with Gasteiger partial charge in [0.1, 0.15) is 11.6 Å². The Labute approximate surface area is 171 Å². The van der Waals surface area contributed by atoms with E-state index in [1.54, 1.807) is 18.9 Å². The number of hydrogen-bond acceptors (Lipinski definition) is 5. The van der Waals surface area contributed by atoms with Crippen molar-refractivity contribution in [1.82, 2.24) is 14.9 Å². The van der Waals surface area contributed by atoms with Gasteiger partial charge in [-0.1, -0.05) is 6.07 Å². The third-order valence-corrected chi connectivity index (χ3v) is 5.77. The van der Waals surface area contributed by atoms with E-state index >= 15 is 0 Å². The Morgan fingerprint density at radius 1 is 1.45 bits per heavy atom. The zero-order chi connectivity index (χ0) is 21.2. The van der Waals surface area contributed by atoms with Crippen LogP contribution in [-0.4, -0.2) is 47.0 Å². The highest BCUT2D eigenvalue weighted by Gasteiger charge is 2.31. The van der Waals surface area contributed by atoms with Gasteiger partial charge in [-0.2, -0.15) is 0 Å². The number of nitrogens with zero attached hydrogens (tertiary/aromatic N) is 3. The molecule has 7 heteroatoms. The third-order valence-electron chi connectivity index (χ3n) is 5.77. The summed E-state index contributed by atoms with van der Waals surface area (Å²) in [5.74, 6) is -0.0184. The number of anilines is 1. The number of carbonyl (C=O) groups is 1. The molecule has 0 unspecified atom stereocenters. The lowest BCUT2D eigenvalue weighted by molar-refractivity contribution is -0.131. The highest BCUT2D eigenvalue weighted by Crippen LogP contribution is 2.32. The smallest absolute Gasteiger partial charge is 0.229 e. The first kappa shape index (κ1) is 21.0. The summed E-state index contributed by atoms with van der Waals surface area (Å²) in [5, 5.41) is 3.56. The Morgan fingerprint density at radius 2 is 2.21 bits per heavy atom. The molecule has 0 radical (unpaired) electrons. The maximum absolute atomic E-state index is 14.2. The van der Waals surface area contributed by atoms with Gasteiger partial charge in [0, 0.05) is 36.5 Å². The van der Waals surface area contributed by atoms with E-state index in [4.69, 9.17) is 4.74 Å². The molecule has 3 heterocycles. The van der Waals surface area contributed by atoms with Crippen LogP contribution < -0.4 is 10.1 Å². The molecule has 1 N–H and O–H groups in total. The van der Waals surface area contributed by atoms with E-state index in [0.717, 1.165) is 37.0 Å². The average Bonchev–Trinajstić information content (AvgIpc) is 2.71. The number of amides is 1. The van der Waals surface area contributed by atoms with Crippen molar-refractivity contribution < 1.29 is 13.9 Å². The highest BCUT2D eigenvalue weighted by atomic mass is 19.1. The van der Waals surface area contributed by atoms with Crippen LogP contribution in [0.2, 0.25) is 0 Å². The van der Waals surface area contributed by atoms with Crippen LogP contribution in [0.25, 0.3) is 0 Å². The second-order valence-electron chi connectivity index (χ2n) is 8.13. The molecule has 2 atom stereocenters. The lowest BCUT2D eigenvalue weighted by Crippen LogP contribution is -2.43. The molecule has 0 spiro atoms. The number of ether oxygens (including phenoxy) is 1. The maximum Gasteiger partial charge on any atom is 0.229 e. The normalized spacial score (nSPS) is 19.1. The van der Waals surface area contributed by atoms with Crippen molar-refractivity contribution in [2.45, 2.75) is 51.5 Å². The van der Waals surface area contributed by atoms with Gasteiger partial charge in [-0.3, -0.25) is 4.79 Å². The minimum Gasteiger partial charge on any atom is -0.481 e. The van der Waals surface area contributed by atoms with Crippen molar-refractivity contribution >= 4 is 11.7 Å². The number of likely N-dealkylation sites (N-methyl/N-ethyl adjacent to an activating group) is 1. The molecule has 1 aliphatic rings. The van der Waals surface area contributed by atoms with E-state index in [1.807, 2.05) is 13.0 Å². The third kappa shape index (κ3) is 4.66. The number of aromatic nitrogens is 2. The van der Waals surface area contributed by atoms with Gasteiger partial charge in [0.25, 0.3) is 0 Å². The SMILES string of the molecule is COc1cc([C@@H](C)C(=O)N(C)CC[C@@]2(C)CCc3ccc(C)nc3N2)c(F)cn1. The van der Waals surface area contributed by atoms with Crippen molar-refractivity contribution in [3.63, 3.8) is 0 Å². The molecule has 6 nitrogen and oxygen atoms in total. The van der Waals surface area contributed by atoms with Crippen LogP contribution in [0.3, 0.4) is 0 Å². The first-order chi connectivity index (χ1) is 13.7. The molecule has 1 amide bonds. The summed E-state index contributed by atoms with van der Waals surface area (Å²) in [5.41, 5.74) is 2.37. The first-order valence-electron chi connectivity index (χ1n) is 9.91. The van der Waals surface area contributed by atoms with Crippen LogP contribution in [-0.2, 0) is 11.2 Å². The van der Waals surface area contributed by atoms with Crippen LogP contribution in [0.15, 0.2) is 24.4 Å². The van der Waals surface area contributed by atoms with Crippen molar-refractivity contribution in [2.75, 3.05) is 26.0 Å². The Kier molecular flexibility index (Phi) is 6.05. The summed E-state index contributed by atoms with van der Waals surface area (Å²) in [6, 6.07) is 5.64. The van der Waals surface area contributed by atoms with Gasteiger partial charge >= 0.3 is 0 Å². The molecule has 156 valence electrons. The molecule has 0 aliphatic carbocycles. The van der Waals surface area contributed by atoms with Gasteiger partial charge in [-0.15, -0.1) is 0 Å². The van der Waals surface area contributed by atoms with Gasteiger partial charge in [-0.05, 0) is 51.7 Å². The lowest BCUT2D eigenvalue weighted by Gasteiger charge is -2.37. The van der Waals surface area contributed by atoms with E-state index < -0.39 is 11.7 Å². The van der Waals surface area contributed by atoms with Crippen molar-refractivity contribution in [2.24, 2.45) is 0 Å². The molecule has 0 aromatic carbocycles. The Balaban J connectivity index is 1.64. The first-order valence-corrected chi connectivity index (χ1v) is 9.91. The minimum absolute atomic E-state index is 0.133. The standard InChI is InChI=1S/C22H29FN4O2/c1-14-6-7-16-8-9-22(3,26-20(16)25-14)10-11-27(4)21(28)15(2)17-12-19(29-5)24-13-18(17)23/h6-7,12-13,15H,8-11H2,1-5H3,(H,25,26)/t15-,22-/m1/s1. The molecule has 0 saturated heterocycles. The predicted molar refractivity (Wildman–Crippen MR) is 111 cm³/mol. The molecular formula is C22H29FN4O2. The van der Waals surface area contributed by atoms with Gasteiger partial charge in [-0.25, -0.2) is 14.4 Å². The molecule has 2 aromatic heterocycles. The number of fused-ring (bicyclic) bond motifs is 1. The summed E-state index contributed by atoms with van der Waals surface area (Å²) >= 11 is 0. The van der Waals surface area contributed by atoms with Gasteiger partial charge in [0.05, 0.1) is 19.2 Å². The number of pyridine rings is 2. The molecular weight excluding hydrogens is 371 g/mol. The van der Waals surface area contributed by atoms with Crippen LogP contribution in [0.5, 0.6) is 5.88 Å². The average molecular weight is 400 g/mol. The Hall–Kier alpha value is -2.70. The van der Waals surface area contributed by atoms with E-state index in [9.17, 15) is 9.18 Å². The van der Waals surface area contributed by atoms with Crippen LogP contribution in [0, 0.1) is 12.7 Å². The van der Waals surface area contributed by atoms with Crippen molar-refractivity contribution in [1.29, 1.82) is 0 Å². The number of methoxy groups -OCH3 is 1. The Bertz CT molecular complexity index is 904. The number of rotatable bonds is 6. The maximum atomic E-state index is 14.2. The fourth-order valence-corrected chi connectivity index (χ4v) is 3.71. The highest BCUT2D eigenvalue weighted by molar-refractivity contribution is 5.83.